The number of nitrogens with one attached hydrogen (secondary N) is 1. The van der Waals surface area contributed by atoms with E-state index in [0.29, 0.717) is 5.69 Å². The first-order valence-electron chi connectivity index (χ1n) is 7.78. The Morgan fingerprint density at radius 1 is 0.958 bits per heavy atom. The second-order valence-electron chi connectivity index (χ2n) is 5.28. The van der Waals surface area contributed by atoms with Gasteiger partial charge in [0.2, 0.25) is 5.78 Å². The molecule has 0 saturated carbocycles. The zero-order valence-corrected chi connectivity index (χ0v) is 13.5. The minimum absolute atomic E-state index is 0.400. The molecule has 0 aromatic heterocycles. The molecule has 1 N–H and O–H groups in total. The predicted molar refractivity (Wildman–Crippen MR) is 94.6 cm³/mol. The van der Waals surface area contributed by atoms with E-state index < -0.39 is 23.9 Å². The lowest BCUT2D eigenvalue weighted by Gasteiger charge is -2.08. The Bertz CT molecular complexity index is 763. The number of carbonyl (C=O) groups is 3. The van der Waals surface area contributed by atoms with Gasteiger partial charge in [-0.1, -0.05) is 61.5 Å². The highest BCUT2D eigenvalue weighted by Gasteiger charge is 2.17. The number of rotatable bonds is 7. The van der Waals surface area contributed by atoms with E-state index in [9.17, 15) is 14.4 Å². The lowest BCUT2D eigenvalue weighted by atomic mass is 10.1. The smallest absolute Gasteiger partial charge is 0.292 e. The fraction of sp³-hybridized carbons (Fsp3) is 0.150. The summed E-state index contributed by atoms with van der Waals surface area (Å²) < 4.78 is 0. The van der Waals surface area contributed by atoms with Crippen molar-refractivity contribution in [1.82, 2.24) is 0 Å². The van der Waals surface area contributed by atoms with Crippen LogP contribution in [0.4, 0.5) is 5.69 Å². The summed E-state index contributed by atoms with van der Waals surface area (Å²) in [6, 6.07) is 16.6. The van der Waals surface area contributed by atoms with Crippen LogP contribution in [0.2, 0.25) is 0 Å². The lowest BCUT2D eigenvalue weighted by Crippen LogP contribution is -2.25. The molecule has 0 aliphatic rings. The maximum absolute atomic E-state index is 12.0. The quantitative estimate of drug-likeness (QED) is 0.483. The first-order chi connectivity index (χ1) is 11.6. The van der Waals surface area contributed by atoms with Crippen LogP contribution in [0.1, 0.15) is 24.5 Å². The van der Waals surface area contributed by atoms with E-state index in [0.717, 1.165) is 17.5 Å². The SMILES string of the molecule is CCc1ccccc1NC(=O)C(=O)CC(=O)C=Cc1ccccc1. The minimum atomic E-state index is -0.766. The number of hydrogen-bond donors (Lipinski definition) is 1. The standard InChI is InChI=1S/C20H19NO3/c1-2-16-10-6-7-11-18(16)21-20(24)19(23)14-17(22)13-12-15-8-4-3-5-9-15/h3-13H,2,14H2,1H3,(H,21,24). The highest BCUT2D eigenvalue weighted by atomic mass is 16.2. The Kier molecular flexibility index (Phi) is 6.20. The maximum Gasteiger partial charge on any atom is 0.292 e. The van der Waals surface area contributed by atoms with Gasteiger partial charge in [0.25, 0.3) is 5.91 Å². The summed E-state index contributed by atoms with van der Waals surface area (Å²) in [4.78, 5) is 35.7. The molecule has 1 amide bonds. The molecule has 0 radical (unpaired) electrons. The number of amides is 1. The highest BCUT2D eigenvalue weighted by molar-refractivity contribution is 6.43. The molecule has 0 heterocycles. The maximum atomic E-state index is 12.0. The first kappa shape index (κ1) is 17.3. The van der Waals surface area contributed by atoms with Gasteiger partial charge in [0.15, 0.2) is 5.78 Å². The van der Waals surface area contributed by atoms with E-state index >= 15 is 0 Å². The first-order valence-corrected chi connectivity index (χ1v) is 7.78. The van der Waals surface area contributed by atoms with Gasteiger partial charge in [-0.05, 0) is 29.7 Å². The third-order valence-corrected chi connectivity index (χ3v) is 3.50. The van der Waals surface area contributed by atoms with Gasteiger partial charge in [-0.15, -0.1) is 0 Å². The van der Waals surface area contributed by atoms with Crippen molar-refractivity contribution in [3.63, 3.8) is 0 Å². The van der Waals surface area contributed by atoms with Gasteiger partial charge in [0.05, 0.1) is 6.42 Å². The van der Waals surface area contributed by atoms with Crippen molar-refractivity contribution in [2.75, 3.05) is 5.32 Å². The summed E-state index contributed by atoms with van der Waals surface area (Å²) in [5, 5.41) is 2.58. The summed E-state index contributed by atoms with van der Waals surface area (Å²) >= 11 is 0. The van der Waals surface area contributed by atoms with Crippen molar-refractivity contribution >= 4 is 29.2 Å². The van der Waals surface area contributed by atoms with E-state index in [1.807, 2.05) is 49.4 Å². The van der Waals surface area contributed by atoms with Crippen LogP contribution in [-0.4, -0.2) is 17.5 Å². The lowest BCUT2D eigenvalue weighted by molar-refractivity contribution is -0.136. The monoisotopic (exact) mass is 321 g/mol. The van der Waals surface area contributed by atoms with Crippen LogP contribution in [0.15, 0.2) is 60.7 Å². The number of ketones is 2. The number of benzene rings is 2. The van der Waals surface area contributed by atoms with Gasteiger partial charge >= 0.3 is 0 Å². The molecule has 0 unspecified atom stereocenters. The predicted octanol–water partition coefficient (Wildman–Crippen LogP) is 3.43. The summed E-state index contributed by atoms with van der Waals surface area (Å²) in [6.45, 7) is 1.96. The van der Waals surface area contributed by atoms with Crippen molar-refractivity contribution in [3.8, 4) is 0 Å². The van der Waals surface area contributed by atoms with Crippen molar-refractivity contribution in [2.24, 2.45) is 0 Å². The van der Waals surface area contributed by atoms with Crippen molar-refractivity contribution in [1.29, 1.82) is 0 Å². The van der Waals surface area contributed by atoms with E-state index in [1.54, 1.807) is 18.2 Å². The molecule has 122 valence electrons. The highest BCUT2D eigenvalue weighted by Crippen LogP contribution is 2.15. The Balaban J connectivity index is 1.93. The molecule has 0 fully saturated rings. The summed E-state index contributed by atoms with van der Waals surface area (Å²) in [5.41, 5.74) is 2.40. The molecule has 0 aliphatic carbocycles. The zero-order chi connectivity index (χ0) is 17.4. The summed E-state index contributed by atoms with van der Waals surface area (Å²) in [6.07, 6.45) is 3.24. The van der Waals surface area contributed by atoms with Crippen LogP contribution < -0.4 is 5.32 Å². The average molecular weight is 321 g/mol. The van der Waals surface area contributed by atoms with Crippen molar-refractivity contribution < 1.29 is 14.4 Å². The molecule has 2 rings (SSSR count). The molecular weight excluding hydrogens is 302 g/mol. The average Bonchev–Trinajstić information content (AvgIpc) is 2.61. The van der Waals surface area contributed by atoms with Crippen LogP contribution in [0, 0.1) is 0 Å². The van der Waals surface area contributed by atoms with E-state index in [4.69, 9.17) is 0 Å². The Labute approximate surface area is 141 Å². The van der Waals surface area contributed by atoms with Crippen LogP contribution in [0.3, 0.4) is 0 Å². The normalized spacial score (nSPS) is 10.5. The van der Waals surface area contributed by atoms with Gasteiger partial charge in [0, 0.05) is 5.69 Å². The minimum Gasteiger partial charge on any atom is -0.319 e. The molecular formula is C20H19NO3. The molecule has 2 aromatic carbocycles. The number of Topliss-reactive ketones (excluding diaryl/α,β-unsaturated/α-hetero) is 1. The van der Waals surface area contributed by atoms with Crippen LogP contribution in [0.5, 0.6) is 0 Å². The second kappa shape index (κ2) is 8.58. The van der Waals surface area contributed by atoms with E-state index in [-0.39, 0.29) is 0 Å². The molecule has 0 aliphatic heterocycles. The van der Waals surface area contributed by atoms with Gasteiger partial charge in [-0.25, -0.2) is 0 Å². The van der Waals surface area contributed by atoms with Gasteiger partial charge in [0.1, 0.15) is 0 Å². The largest absolute Gasteiger partial charge is 0.319 e. The third-order valence-electron chi connectivity index (χ3n) is 3.50. The summed E-state index contributed by atoms with van der Waals surface area (Å²) in [5.74, 6) is -1.91. The molecule has 0 spiro atoms. The molecule has 2 aromatic rings. The molecule has 4 nitrogen and oxygen atoms in total. The second-order valence-corrected chi connectivity index (χ2v) is 5.28. The molecule has 4 heteroatoms. The van der Waals surface area contributed by atoms with E-state index in [1.165, 1.54) is 6.08 Å². The Hall–Kier alpha value is -3.01. The number of hydrogen-bond acceptors (Lipinski definition) is 3. The molecule has 0 bridgehead atoms. The van der Waals surface area contributed by atoms with Gasteiger partial charge in [-0.3, -0.25) is 14.4 Å². The Morgan fingerprint density at radius 2 is 1.62 bits per heavy atom. The number of carbonyl (C=O) groups excluding carboxylic acids is 3. The Morgan fingerprint density at radius 3 is 2.33 bits per heavy atom. The number of allylic oxidation sites excluding steroid dienone is 1. The number of anilines is 1. The topological polar surface area (TPSA) is 63.2 Å². The molecule has 0 saturated heterocycles. The van der Waals surface area contributed by atoms with Crippen molar-refractivity contribution in [2.45, 2.75) is 19.8 Å². The third kappa shape index (κ3) is 5.02. The number of aryl methyl sites for hydroxylation is 1. The number of para-hydroxylation sites is 1. The van der Waals surface area contributed by atoms with Crippen LogP contribution >= 0.6 is 0 Å². The van der Waals surface area contributed by atoms with E-state index in [2.05, 4.69) is 5.32 Å². The van der Waals surface area contributed by atoms with Gasteiger partial charge < -0.3 is 5.32 Å². The van der Waals surface area contributed by atoms with Crippen LogP contribution in [-0.2, 0) is 20.8 Å². The zero-order valence-electron chi connectivity index (χ0n) is 13.5. The summed E-state index contributed by atoms with van der Waals surface area (Å²) in [7, 11) is 0. The van der Waals surface area contributed by atoms with Crippen LogP contribution in [0.25, 0.3) is 6.08 Å². The molecule has 0 atom stereocenters. The molecule has 24 heavy (non-hydrogen) atoms. The van der Waals surface area contributed by atoms with Crippen molar-refractivity contribution in [3.05, 3.63) is 71.8 Å². The fourth-order valence-corrected chi connectivity index (χ4v) is 2.19. The fourth-order valence-electron chi connectivity index (χ4n) is 2.19. The van der Waals surface area contributed by atoms with Gasteiger partial charge in [-0.2, -0.15) is 0 Å².